The third-order valence-electron chi connectivity index (χ3n) is 8.31. The fraction of sp³-hybridized carbons (Fsp3) is 0.400. The molecule has 6 heterocycles. The van der Waals surface area contributed by atoms with Gasteiger partial charge < -0.3 is 4.74 Å². The zero-order chi connectivity index (χ0) is 19.8. The highest BCUT2D eigenvalue weighted by atomic mass is 32.3. The molecule has 1 atom stereocenters. The minimum atomic E-state index is -2.67. The zero-order valence-corrected chi connectivity index (χ0v) is 18.2. The highest BCUT2D eigenvalue weighted by Crippen LogP contribution is 2.95. The second-order valence-corrected chi connectivity index (χ2v) is 14.2. The third kappa shape index (κ3) is 2.00. The van der Waals surface area contributed by atoms with E-state index in [4.69, 9.17) is 9.73 Å². The Balaban J connectivity index is 1.34. The van der Waals surface area contributed by atoms with E-state index in [0.717, 1.165) is 32.1 Å². The summed E-state index contributed by atoms with van der Waals surface area (Å²) in [6.07, 6.45) is 3.56. The van der Waals surface area contributed by atoms with Crippen LogP contribution in [0, 0.1) is 5.92 Å². The zero-order valence-electron chi connectivity index (χ0n) is 17.3. The van der Waals surface area contributed by atoms with Crippen molar-refractivity contribution in [2.24, 2.45) is 10.9 Å². The Kier molecular flexibility index (Phi) is 3.32. The molecule has 0 saturated carbocycles. The summed E-state index contributed by atoms with van der Waals surface area (Å²) in [5.74, 6) is 0.650. The Morgan fingerprint density at radius 1 is 0.933 bits per heavy atom. The fourth-order valence-electron chi connectivity index (χ4n) is 6.64. The molecule has 0 N–H and O–H groups in total. The molecule has 0 aliphatic carbocycles. The number of piperidine rings is 3. The molecular formula is C25H29N3OS. The minimum Gasteiger partial charge on any atom is -0.454 e. The number of fused-ring (bicyclic) bond motifs is 4. The summed E-state index contributed by atoms with van der Waals surface area (Å²) in [5.41, 5.74) is 1.39. The van der Waals surface area contributed by atoms with Gasteiger partial charge in [-0.2, -0.15) is 9.35 Å². The Labute approximate surface area is 178 Å². The van der Waals surface area contributed by atoms with E-state index in [-0.39, 0.29) is 5.60 Å². The summed E-state index contributed by atoms with van der Waals surface area (Å²) in [6.45, 7) is 5.30. The van der Waals surface area contributed by atoms with E-state index in [9.17, 15) is 0 Å². The maximum Gasteiger partial charge on any atom is 0.296 e. The van der Waals surface area contributed by atoms with Crippen LogP contribution in [-0.2, 0) is 11.2 Å². The summed E-state index contributed by atoms with van der Waals surface area (Å²) in [5, 5.41) is 4.98. The van der Waals surface area contributed by atoms with Gasteiger partial charge in [0.1, 0.15) is 5.60 Å². The first-order valence-corrected chi connectivity index (χ1v) is 13.7. The molecule has 30 heavy (non-hydrogen) atoms. The van der Waals surface area contributed by atoms with Crippen LogP contribution in [0.1, 0.15) is 18.4 Å². The molecule has 0 radical (unpaired) electrons. The highest BCUT2D eigenvalue weighted by molar-refractivity contribution is 8.57. The Hall–Kier alpha value is -2.24. The highest BCUT2D eigenvalue weighted by Gasteiger charge is 2.60. The Bertz CT molecular complexity index is 1080. The van der Waals surface area contributed by atoms with E-state index < -0.39 is 9.35 Å². The standard InChI is InChI=1S/C25H29N3OS/c1-2-7-22(8-3-1)30(16-17-30)23-9-5-4-6-20(23)10-15-28(30)24-26-18-25(29-24)19-27-13-11-21(25)12-14-27/h1-9,16-17,21,30H,10-15,18-19H2/t25-/m1/s1. The van der Waals surface area contributed by atoms with Gasteiger partial charge >= 0.3 is 0 Å². The van der Waals surface area contributed by atoms with Gasteiger partial charge in [-0.1, -0.05) is 36.4 Å². The van der Waals surface area contributed by atoms with Crippen LogP contribution < -0.4 is 0 Å². The lowest BCUT2D eigenvalue weighted by Gasteiger charge is -2.60. The molecule has 156 valence electrons. The predicted molar refractivity (Wildman–Crippen MR) is 123 cm³/mol. The first kappa shape index (κ1) is 17.4. The van der Waals surface area contributed by atoms with E-state index in [1.165, 1.54) is 41.3 Å². The van der Waals surface area contributed by atoms with Crippen molar-refractivity contribution in [2.75, 3.05) is 32.7 Å². The van der Waals surface area contributed by atoms with Crippen LogP contribution in [0.4, 0.5) is 0 Å². The average Bonchev–Trinajstić information content (AvgIpc) is 3.44. The molecule has 6 aliphatic rings. The van der Waals surface area contributed by atoms with Crippen molar-refractivity contribution in [3.8, 4) is 0 Å². The molecule has 2 bridgehead atoms. The average molecular weight is 420 g/mol. The molecule has 8 rings (SSSR count). The fourth-order valence-corrected chi connectivity index (χ4v) is 12.2. The normalized spacial score (nSPS) is 35.4. The van der Waals surface area contributed by atoms with E-state index in [1.54, 1.807) is 0 Å². The summed E-state index contributed by atoms with van der Waals surface area (Å²) < 4.78 is 9.52. The number of thiol groups is 1. The predicted octanol–water partition coefficient (Wildman–Crippen LogP) is 4.29. The van der Waals surface area contributed by atoms with Gasteiger partial charge in [0.15, 0.2) is 0 Å². The van der Waals surface area contributed by atoms with Crippen LogP contribution >= 0.6 is 9.35 Å². The van der Waals surface area contributed by atoms with Crippen molar-refractivity contribution < 1.29 is 4.74 Å². The quantitative estimate of drug-likeness (QED) is 0.699. The van der Waals surface area contributed by atoms with Gasteiger partial charge in [0.25, 0.3) is 6.02 Å². The lowest BCUT2D eigenvalue weighted by Crippen LogP contribution is -2.61. The maximum atomic E-state index is 6.93. The Morgan fingerprint density at radius 2 is 1.70 bits per heavy atom. The van der Waals surface area contributed by atoms with Gasteiger partial charge in [0.2, 0.25) is 0 Å². The van der Waals surface area contributed by atoms with E-state index >= 15 is 0 Å². The van der Waals surface area contributed by atoms with Crippen molar-refractivity contribution in [3.05, 3.63) is 71.0 Å². The SMILES string of the molecule is C1=C[SH]12(c1ccccc1)c1ccccc1CCN2C1=NC[C@]2(CN3CCC2CC3)O1. The summed E-state index contributed by atoms with van der Waals surface area (Å²) >= 11 is 0. The van der Waals surface area contributed by atoms with Gasteiger partial charge in [-0.05, 0) is 71.8 Å². The van der Waals surface area contributed by atoms with Crippen LogP contribution in [0.2, 0.25) is 0 Å². The maximum absolute atomic E-state index is 6.93. The number of aliphatic imine (C=N–C) groups is 1. The van der Waals surface area contributed by atoms with Crippen LogP contribution in [0.3, 0.4) is 0 Å². The lowest BCUT2D eigenvalue weighted by molar-refractivity contribution is -0.0866. The van der Waals surface area contributed by atoms with Crippen LogP contribution in [-0.4, -0.2) is 53.6 Å². The number of hydrogen-bond donors (Lipinski definition) is 1. The molecule has 4 nitrogen and oxygen atoms in total. The molecule has 3 saturated heterocycles. The smallest absolute Gasteiger partial charge is 0.296 e. The van der Waals surface area contributed by atoms with Crippen molar-refractivity contribution in [1.29, 1.82) is 0 Å². The summed E-state index contributed by atoms with van der Waals surface area (Å²) in [4.78, 5) is 10.6. The molecular weight excluding hydrogens is 390 g/mol. The lowest BCUT2D eigenvalue weighted by atomic mass is 9.75. The van der Waals surface area contributed by atoms with E-state index in [2.05, 4.69) is 74.6 Å². The number of amidine groups is 1. The van der Waals surface area contributed by atoms with Crippen LogP contribution in [0.5, 0.6) is 0 Å². The number of benzene rings is 2. The first-order valence-electron chi connectivity index (χ1n) is 11.3. The van der Waals surface area contributed by atoms with Crippen LogP contribution in [0.15, 0.2) is 80.2 Å². The van der Waals surface area contributed by atoms with E-state index in [1.807, 2.05) is 0 Å². The number of ether oxygens (including phenoxy) is 1. The molecule has 5 heteroatoms. The van der Waals surface area contributed by atoms with Gasteiger partial charge in [-0.25, -0.2) is 4.99 Å². The molecule has 6 aliphatic heterocycles. The number of rotatable bonds is 1. The van der Waals surface area contributed by atoms with Gasteiger partial charge in [0, 0.05) is 23.9 Å². The second-order valence-electron chi connectivity index (χ2n) is 9.66. The molecule has 2 aromatic rings. The molecule has 2 spiro atoms. The number of nitrogens with zero attached hydrogens (tertiary/aromatic N) is 3. The van der Waals surface area contributed by atoms with Crippen molar-refractivity contribution >= 4 is 15.4 Å². The molecule has 3 fully saturated rings. The summed E-state index contributed by atoms with van der Waals surface area (Å²) in [6, 6.07) is 21.1. The topological polar surface area (TPSA) is 28.1 Å². The monoisotopic (exact) mass is 419 g/mol. The van der Waals surface area contributed by atoms with Gasteiger partial charge in [-0.3, -0.25) is 9.21 Å². The third-order valence-corrected chi connectivity index (χ3v) is 13.7. The van der Waals surface area contributed by atoms with Crippen molar-refractivity contribution in [2.45, 2.75) is 34.7 Å². The largest absolute Gasteiger partial charge is 0.454 e. The molecule has 0 aromatic heterocycles. The Morgan fingerprint density at radius 3 is 2.43 bits per heavy atom. The second kappa shape index (κ2) is 5.71. The number of hydrogen-bond acceptors (Lipinski definition) is 4. The summed E-state index contributed by atoms with van der Waals surface area (Å²) in [7, 11) is -2.67. The molecule has 0 unspecified atom stereocenters. The van der Waals surface area contributed by atoms with Crippen molar-refractivity contribution in [1.82, 2.24) is 9.21 Å². The van der Waals surface area contributed by atoms with Gasteiger partial charge in [0.05, 0.1) is 6.54 Å². The van der Waals surface area contributed by atoms with Gasteiger partial charge in [-0.15, -0.1) is 0 Å². The minimum absolute atomic E-state index is 0.0934. The van der Waals surface area contributed by atoms with E-state index in [0.29, 0.717) is 5.92 Å². The first-order chi connectivity index (χ1) is 14.7. The molecule has 2 aromatic carbocycles. The molecule has 0 amide bonds. The van der Waals surface area contributed by atoms with Crippen LogP contribution in [0.25, 0.3) is 0 Å². The van der Waals surface area contributed by atoms with Crippen molar-refractivity contribution in [3.63, 3.8) is 0 Å².